The SMILES string of the molecule is CN.Cc1[nH]c(/C=C2\C(=O)Nc3ccc(C(=O)NC(C)c4ccccc4)cc32)c(C)c1C(=O)NC[C@@H]1CCCN1C(=O)OC(C)(C)C. The average Bonchev–Trinajstić information content (AvgIpc) is 3.71. The monoisotopic (exact) mass is 642 g/mol. The fourth-order valence-electron chi connectivity index (χ4n) is 5.89. The number of H-pyrrole nitrogens is 1. The highest BCUT2D eigenvalue weighted by atomic mass is 16.6. The lowest BCUT2D eigenvalue weighted by Crippen LogP contribution is -2.45. The maximum Gasteiger partial charge on any atom is 0.410 e. The molecule has 1 saturated heterocycles. The number of anilines is 1. The van der Waals surface area contributed by atoms with E-state index in [1.807, 2.05) is 71.9 Å². The molecule has 0 saturated carbocycles. The first-order valence-corrected chi connectivity index (χ1v) is 15.9. The number of rotatable bonds is 7. The molecule has 4 amide bonds. The summed E-state index contributed by atoms with van der Waals surface area (Å²) in [5, 5.41) is 8.88. The first kappa shape index (κ1) is 35.0. The van der Waals surface area contributed by atoms with E-state index in [2.05, 4.69) is 26.7 Å². The minimum atomic E-state index is -0.594. The molecule has 11 nitrogen and oxygen atoms in total. The van der Waals surface area contributed by atoms with Gasteiger partial charge in [-0.2, -0.15) is 0 Å². The summed E-state index contributed by atoms with van der Waals surface area (Å²) in [5.41, 5.74) is 9.43. The number of amides is 4. The number of nitrogens with one attached hydrogen (secondary N) is 4. The van der Waals surface area contributed by atoms with Crippen LogP contribution in [-0.4, -0.2) is 65.5 Å². The highest BCUT2D eigenvalue weighted by Gasteiger charge is 2.33. The molecule has 2 aliphatic rings. The number of aromatic amines is 1. The molecule has 5 rings (SSSR count). The largest absolute Gasteiger partial charge is 0.444 e. The molecule has 2 aliphatic heterocycles. The third-order valence-electron chi connectivity index (χ3n) is 8.21. The molecule has 0 bridgehead atoms. The Morgan fingerprint density at radius 1 is 1.09 bits per heavy atom. The molecule has 2 aromatic carbocycles. The lowest BCUT2D eigenvalue weighted by Gasteiger charge is -2.28. The molecular weight excluding hydrogens is 596 g/mol. The fraction of sp³-hybridized carbons (Fsp3) is 0.389. The summed E-state index contributed by atoms with van der Waals surface area (Å²) in [4.78, 5) is 57.1. The summed E-state index contributed by atoms with van der Waals surface area (Å²) in [6.45, 7) is 12.0. The van der Waals surface area contributed by atoms with E-state index in [4.69, 9.17) is 4.74 Å². The zero-order chi connectivity index (χ0) is 34.5. The van der Waals surface area contributed by atoms with E-state index in [1.165, 1.54) is 7.05 Å². The first-order chi connectivity index (χ1) is 22.3. The van der Waals surface area contributed by atoms with Gasteiger partial charge in [-0.1, -0.05) is 30.3 Å². The molecule has 250 valence electrons. The molecule has 1 fully saturated rings. The Morgan fingerprint density at radius 3 is 2.47 bits per heavy atom. The molecule has 47 heavy (non-hydrogen) atoms. The Kier molecular flexibility index (Phi) is 10.9. The molecule has 1 aromatic heterocycles. The predicted octanol–water partition coefficient (Wildman–Crippen LogP) is 5.32. The molecule has 1 unspecified atom stereocenters. The molecule has 0 radical (unpaired) electrons. The summed E-state index contributed by atoms with van der Waals surface area (Å²) in [7, 11) is 1.50. The van der Waals surface area contributed by atoms with Crippen LogP contribution < -0.4 is 21.7 Å². The highest BCUT2D eigenvalue weighted by Crippen LogP contribution is 2.35. The van der Waals surface area contributed by atoms with E-state index in [-0.39, 0.29) is 35.9 Å². The third kappa shape index (κ3) is 8.10. The molecular formula is C36H46N6O5. The number of nitrogens with zero attached hydrogens (tertiary/aromatic N) is 1. The van der Waals surface area contributed by atoms with E-state index in [0.29, 0.717) is 58.0 Å². The van der Waals surface area contributed by atoms with Crippen molar-refractivity contribution in [2.24, 2.45) is 5.73 Å². The molecule has 3 heterocycles. The number of ether oxygens (including phenoxy) is 1. The smallest absolute Gasteiger partial charge is 0.410 e. The van der Waals surface area contributed by atoms with E-state index >= 15 is 0 Å². The third-order valence-corrected chi connectivity index (χ3v) is 8.21. The summed E-state index contributed by atoms with van der Waals surface area (Å²) >= 11 is 0. The zero-order valence-corrected chi connectivity index (χ0v) is 28.2. The molecule has 3 aromatic rings. The maximum atomic E-state index is 13.4. The van der Waals surface area contributed by atoms with Crippen molar-refractivity contribution in [2.45, 2.75) is 72.1 Å². The number of hydrogen-bond acceptors (Lipinski definition) is 6. The highest BCUT2D eigenvalue weighted by molar-refractivity contribution is 6.35. The molecule has 2 atom stereocenters. The number of nitrogens with two attached hydrogens (primary N) is 1. The van der Waals surface area contributed by atoms with Crippen LogP contribution in [0, 0.1) is 13.8 Å². The molecule has 0 spiro atoms. The van der Waals surface area contributed by atoms with Crippen molar-refractivity contribution in [1.82, 2.24) is 20.5 Å². The Balaban J connectivity index is 0.00000245. The van der Waals surface area contributed by atoms with Crippen molar-refractivity contribution in [3.05, 3.63) is 87.7 Å². The number of carbonyl (C=O) groups excluding carboxylic acids is 4. The Labute approximate surface area is 276 Å². The summed E-state index contributed by atoms with van der Waals surface area (Å²) in [6.07, 6.45) is 2.97. The van der Waals surface area contributed by atoms with Crippen molar-refractivity contribution < 1.29 is 23.9 Å². The van der Waals surface area contributed by atoms with Crippen LogP contribution in [0.25, 0.3) is 11.6 Å². The van der Waals surface area contributed by atoms with Crippen molar-refractivity contribution in [2.75, 3.05) is 25.5 Å². The van der Waals surface area contributed by atoms with Gasteiger partial charge in [0.2, 0.25) is 0 Å². The van der Waals surface area contributed by atoms with Crippen LogP contribution in [0.5, 0.6) is 0 Å². The number of hydrogen-bond donors (Lipinski definition) is 5. The number of likely N-dealkylation sites (tertiary alicyclic amines) is 1. The second-order valence-corrected chi connectivity index (χ2v) is 12.7. The zero-order valence-electron chi connectivity index (χ0n) is 28.2. The quantitative estimate of drug-likeness (QED) is 0.220. The topological polar surface area (TPSA) is 159 Å². The minimum absolute atomic E-state index is 0.147. The van der Waals surface area contributed by atoms with Crippen LogP contribution in [0.2, 0.25) is 0 Å². The summed E-state index contributed by atoms with van der Waals surface area (Å²) in [5.74, 6) is -0.794. The Hall–Kier alpha value is -4.90. The lowest BCUT2D eigenvalue weighted by atomic mass is 10.0. The van der Waals surface area contributed by atoms with Crippen LogP contribution in [0.3, 0.4) is 0 Å². The Bertz CT molecular complexity index is 1670. The van der Waals surface area contributed by atoms with Gasteiger partial charge in [0.15, 0.2) is 0 Å². The second kappa shape index (κ2) is 14.7. The molecule has 11 heteroatoms. The second-order valence-electron chi connectivity index (χ2n) is 12.7. The van der Waals surface area contributed by atoms with Crippen molar-refractivity contribution in [3.63, 3.8) is 0 Å². The van der Waals surface area contributed by atoms with E-state index < -0.39 is 5.60 Å². The first-order valence-electron chi connectivity index (χ1n) is 15.9. The van der Waals surface area contributed by atoms with Gasteiger partial charge in [0.05, 0.1) is 23.2 Å². The van der Waals surface area contributed by atoms with Crippen LogP contribution in [0.1, 0.15) is 95.4 Å². The molecule has 0 aliphatic carbocycles. The predicted molar refractivity (Wildman–Crippen MR) is 184 cm³/mol. The van der Waals surface area contributed by atoms with Gasteiger partial charge >= 0.3 is 6.09 Å². The molecule has 6 N–H and O–H groups in total. The number of carbonyl (C=O) groups is 4. The summed E-state index contributed by atoms with van der Waals surface area (Å²) < 4.78 is 5.55. The lowest BCUT2D eigenvalue weighted by molar-refractivity contribution is -0.110. The van der Waals surface area contributed by atoms with Gasteiger partial charge in [-0.25, -0.2) is 4.79 Å². The fourth-order valence-corrected chi connectivity index (χ4v) is 5.89. The van der Waals surface area contributed by atoms with Gasteiger partial charge in [0.25, 0.3) is 17.7 Å². The average molecular weight is 643 g/mol. The van der Waals surface area contributed by atoms with Gasteiger partial charge < -0.3 is 36.3 Å². The van der Waals surface area contributed by atoms with Crippen LogP contribution in [0.15, 0.2) is 48.5 Å². The summed E-state index contributed by atoms with van der Waals surface area (Å²) in [6, 6.07) is 14.5. The van der Waals surface area contributed by atoms with Crippen LogP contribution in [0.4, 0.5) is 10.5 Å². The van der Waals surface area contributed by atoms with Gasteiger partial charge in [-0.15, -0.1) is 0 Å². The maximum absolute atomic E-state index is 13.4. The van der Waals surface area contributed by atoms with Crippen molar-refractivity contribution in [3.8, 4) is 0 Å². The van der Waals surface area contributed by atoms with Gasteiger partial charge in [-0.3, -0.25) is 14.4 Å². The van der Waals surface area contributed by atoms with Gasteiger partial charge in [0, 0.05) is 41.3 Å². The van der Waals surface area contributed by atoms with E-state index in [9.17, 15) is 19.2 Å². The van der Waals surface area contributed by atoms with Crippen molar-refractivity contribution >= 4 is 41.2 Å². The minimum Gasteiger partial charge on any atom is -0.444 e. The van der Waals surface area contributed by atoms with E-state index in [1.54, 1.807) is 29.2 Å². The van der Waals surface area contributed by atoms with Crippen molar-refractivity contribution in [1.29, 1.82) is 0 Å². The standard InChI is InChI=1S/C35H41N5O5.CH5N/c1-20-29(37-22(3)30(20)33(43)36-19-25-13-10-16-40(25)34(44)45-35(4,5)6)18-27-26-17-24(14-15-28(26)39-32(27)42)31(41)38-21(2)23-11-8-7-9-12-23;1-2/h7-9,11-12,14-15,17-18,21,25,37H,10,13,16,19H2,1-6H3,(H,36,43)(H,38,41)(H,39,42);2H2,1H3/b27-18-;/t21?,25-;/m0./s1. The Morgan fingerprint density at radius 2 is 1.79 bits per heavy atom. The van der Waals surface area contributed by atoms with E-state index in [0.717, 1.165) is 18.4 Å². The van der Waals surface area contributed by atoms with Gasteiger partial charge in [-0.05, 0) is 96.8 Å². The number of fused-ring (bicyclic) bond motifs is 1. The van der Waals surface area contributed by atoms with Crippen LogP contribution in [-0.2, 0) is 9.53 Å². The van der Waals surface area contributed by atoms with Crippen LogP contribution >= 0.6 is 0 Å². The number of aromatic nitrogens is 1. The number of aryl methyl sites for hydroxylation is 1. The normalized spacial score (nSPS) is 16.9. The van der Waals surface area contributed by atoms with Gasteiger partial charge in [0.1, 0.15) is 5.60 Å². The number of benzene rings is 2.